The van der Waals surface area contributed by atoms with E-state index in [4.69, 9.17) is 0 Å². The molecule has 0 aromatic heterocycles. The van der Waals surface area contributed by atoms with Crippen LogP contribution in [0.25, 0.3) is 0 Å². The molecule has 0 aromatic carbocycles. The summed E-state index contributed by atoms with van der Waals surface area (Å²) in [6, 6.07) is 0. The SMILES string of the molecule is O=S1C2=C(SCCS2)SC1=C1SC2=C(SCCS2)S1. The lowest BCUT2D eigenvalue weighted by Gasteiger charge is -2.08. The molecule has 4 rings (SSSR count). The molecular weight excluding hydrogens is 393 g/mol. The Balaban J connectivity index is 1.62. The predicted octanol–water partition coefficient (Wildman–Crippen LogP) is 5.30. The van der Waals surface area contributed by atoms with Crippen molar-refractivity contribution in [1.82, 2.24) is 0 Å². The molecule has 4 aliphatic rings. The van der Waals surface area contributed by atoms with Crippen LogP contribution in [0.2, 0.25) is 0 Å². The summed E-state index contributed by atoms with van der Waals surface area (Å²) in [6.07, 6.45) is 0. The standard InChI is InChI=1S/C10H8OS8/c11-19-9-7(14-3-4-15-9)18-10(19)8-16-5-6(17-8)13-2-1-12-5/h1-4H2. The van der Waals surface area contributed by atoms with Crippen LogP contribution in [0.1, 0.15) is 0 Å². The zero-order valence-corrected chi connectivity index (χ0v) is 16.0. The molecule has 4 aliphatic heterocycles. The third-order valence-electron chi connectivity index (χ3n) is 2.49. The Bertz CT molecular complexity index is 540. The van der Waals surface area contributed by atoms with Crippen molar-refractivity contribution in [2.24, 2.45) is 0 Å². The van der Waals surface area contributed by atoms with Crippen LogP contribution >= 0.6 is 82.3 Å². The highest BCUT2D eigenvalue weighted by Gasteiger charge is 2.36. The van der Waals surface area contributed by atoms with Gasteiger partial charge >= 0.3 is 0 Å². The van der Waals surface area contributed by atoms with Crippen molar-refractivity contribution in [2.45, 2.75) is 0 Å². The van der Waals surface area contributed by atoms with E-state index in [9.17, 15) is 4.21 Å². The van der Waals surface area contributed by atoms with Gasteiger partial charge in [0.25, 0.3) is 0 Å². The molecule has 0 radical (unpaired) electrons. The molecule has 1 atom stereocenters. The Hall–Kier alpha value is 1.82. The van der Waals surface area contributed by atoms with Crippen LogP contribution in [0.15, 0.2) is 25.4 Å². The summed E-state index contributed by atoms with van der Waals surface area (Å²) in [5.41, 5.74) is 0. The molecule has 0 bridgehead atoms. The molecule has 0 aliphatic carbocycles. The lowest BCUT2D eigenvalue weighted by molar-refractivity contribution is 0.692. The van der Waals surface area contributed by atoms with Gasteiger partial charge in [-0.1, -0.05) is 35.3 Å². The highest BCUT2D eigenvalue weighted by molar-refractivity contribution is 8.44. The molecule has 0 saturated carbocycles. The molecule has 0 saturated heterocycles. The van der Waals surface area contributed by atoms with Crippen molar-refractivity contribution in [1.29, 1.82) is 0 Å². The zero-order chi connectivity index (χ0) is 12.8. The Morgan fingerprint density at radius 2 is 1.21 bits per heavy atom. The zero-order valence-electron chi connectivity index (χ0n) is 9.50. The monoisotopic (exact) mass is 400 g/mol. The summed E-state index contributed by atoms with van der Waals surface area (Å²) in [4.78, 5) is 0. The van der Waals surface area contributed by atoms with E-state index < -0.39 is 10.8 Å². The Morgan fingerprint density at radius 1 is 0.632 bits per heavy atom. The van der Waals surface area contributed by atoms with E-state index in [2.05, 4.69) is 0 Å². The molecular formula is C10H8OS8. The lowest BCUT2D eigenvalue weighted by Crippen LogP contribution is -1.95. The maximum atomic E-state index is 12.6. The maximum absolute atomic E-state index is 12.6. The van der Waals surface area contributed by atoms with Crippen LogP contribution in [0.5, 0.6) is 0 Å². The highest BCUT2D eigenvalue weighted by atomic mass is 32.3. The number of rotatable bonds is 0. The molecule has 0 fully saturated rings. The van der Waals surface area contributed by atoms with Crippen molar-refractivity contribution >= 4 is 93.1 Å². The molecule has 0 aromatic rings. The molecule has 9 heteroatoms. The first-order chi connectivity index (χ1) is 9.33. The maximum Gasteiger partial charge on any atom is 0.103 e. The molecule has 1 nitrogen and oxygen atoms in total. The molecule has 0 N–H and O–H groups in total. The average molecular weight is 401 g/mol. The summed E-state index contributed by atoms with van der Waals surface area (Å²) in [5, 5.41) is 0. The quantitative estimate of drug-likeness (QED) is 0.538. The fourth-order valence-corrected chi connectivity index (χ4v) is 14.8. The Labute approximate surface area is 144 Å². The van der Waals surface area contributed by atoms with Crippen molar-refractivity contribution in [3.63, 3.8) is 0 Å². The minimum absolute atomic E-state index is 0.903. The number of hydrogen-bond acceptors (Lipinski definition) is 8. The van der Waals surface area contributed by atoms with Crippen molar-refractivity contribution in [3.05, 3.63) is 25.4 Å². The van der Waals surface area contributed by atoms with E-state index in [1.54, 1.807) is 23.5 Å². The van der Waals surface area contributed by atoms with Gasteiger partial charge in [-0.2, -0.15) is 0 Å². The van der Waals surface area contributed by atoms with Gasteiger partial charge in [0.1, 0.15) is 15.0 Å². The van der Waals surface area contributed by atoms with Crippen LogP contribution in [0, 0.1) is 0 Å². The topological polar surface area (TPSA) is 17.1 Å². The lowest BCUT2D eigenvalue weighted by atomic mass is 11.0. The highest BCUT2D eigenvalue weighted by Crippen LogP contribution is 2.64. The second-order valence-corrected chi connectivity index (χ2v) is 14.1. The fraction of sp³-hybridized carbons (Fsp3) is 0.400. The van der Waals surface area contributed by atoms with Gasteiger partial charge < -0.3 is 0 Å². The van der Waals surface area contributed by atoms with Gasteiger partial charge in [-0.15, -0.1) is 47.0 Å². The Morgan fingerprint density at radius 3 is 1.84 bits per heavy atom. The van der Waals surface area contributed by atoms with Crippen LogP contribution in [0.4, 0.5) is 0 Å². The van der Waals surface area contributed by atoms with Gasteiger partial charge in [0.05, 0.1) is 21.2 Å². The van der Waals surface area contributed by atoms with E-state index in [-0.39, 0.29) is 0 Å². The minimum Gasteiger partial charge on any atom is -0.248 e. The summed E-state index contributed by atoms with van der Waals surface area (Å²) >= 11 is 13.0. The van der Waals surface area contributed by atoms with Gasteiger partial charge in [0, 0.05) is 23.0 Å². The van der Waals surface area contributed by atoms with E-state index in [1.807, 2.05) is 58.8 Å². The molecule has 19 heavy (non-hydrogen) atoms. The summed E-state index contributed by atoms with van der Waals surface area (Å²) in [5.74, 6) is 4.66. The van der Waals surface area contributed by atoms with Crippen LogP contribution in [-0.2, 0) is 10.8 Å². The van der Waals surface area contributed by atoms with E-state index in [0.717, 1.165) is 20.0 Å². The molecule has 0 amide bonds. The smallest absolute Gasteiger partial charge is 0.103 e. The molecule has 1 unspecified atom stereocenters. The summed E-state index contributed by atoms with van der Waals surface area (Å²) in [7, 11) is -0.903. The Kier molecular flexibility index (Phi) is 4.66. The second-order valence-electron chi connectivity index (χ2n) is 3.69. The first-order valence-corrected chi connectivity index (χ1v) is 13.1. The van der Waals surface area contributed by atoms with Gasteiger partial charge in [-0.3, -0.25) is 0 Å². The van der Waals surface area contributed by atoms with E-state index >= 15 is 0 Å². The fourth-order valence-electron chi connectivity index (χ4n) is 1.71. The minimum atomic E-state index is -0.903. The summed E-state index contributed by atoms with van der Waals surface area (Å²) in [6.45, 7) is 0. The van der Waals surface area contributed by atoms with E-state index in [1.165, 1.54) is 28.5 Å². The first-order valence-electron chi connectivity index (χ1n) is 5.52. The predicted molar refractivity (Wildman–Crippen MR) is 102 cm³/mol. The van der Waals surface area contributed by atoms with Gasteiger partial charge in [0.2, 0.25) is 0 Å². The molecule has 4 heterocycles. The van der Waals surface area contributed by atoms with Crippen molar-refractivity contribution in [2.75, 3.05) is 23.0 Å². The second kappa shape index (κ2) is 6.14. The van der Waals surface area contributed by atoms with Crippen LogP contribution < -0.4 is 0 Å². The van der Waals surface area contributed by atoms with Crippen LogP contribution in [0.3, 0.4) is 0 Å². The third-order valence-corrected chi connectivity index (χ3v) is 15.3. The average Bonchev–Trinajstić information content (AvgIpc) is 3.00. The van der Waals surface area contributed by atoms with Gasteiger partial charge in [0.15, 0.2) is 0 Å². The van der Waals surface area contributed by atoms with Crippen molar-refractivity contribution < 1.29 is 4.21 Å². The van der Waals surface area contributed by atoms with Gasteiger partial charge in [-0.25, -0.2) is 4.21 Å². The van der Waals surface area contributed by atoms with Crippen molar-refractivity contribution in [3.8, 4) is 0 Å². The van der Waals surface area contributed by atoms with Gasteiger partial charge in [-0.05, 0) is 0 Å². The number of hydrogen-bond donors (Lipinski definition) is 0. The number of thioether (sulfide) groups is 7. The molecule has 102 valence electrons. The largest absolute Gasteiger partial charge is 0.248 e. The molecule has 0 spiro atoms. The van der Waals surface area contributed by atoms with Crippen LogP contribution in [-0.4, -0.2) is 27.2 Å². The normalized spacial score (nSPS) is 31.1. The summed E-state index contributed by atoms with van der Waals surface area (Å²) < 4.78 is 20.3. The first kappa shape index (κ1) is 14.4. The van der Waals surface area contributed by atoms with E-state index in [0.29, 0.717) is 0 Å². The third kappa shape index (κ3) is 2.75.